The van der Waals surface area contributed by atoms with Gasteiger partial charge in [-0.25, -0.2) is 0 Å². The van der Waals surface area contributed by atoms with Crippen LogP contribution in [0.15, 0.2) is 24.4 Å². The first-order valence-electron chi connectivity index (χ1n) is 7.13. The van der Waals surface area contributed by atoms with E-state index in [4.69, 9.17) is 0 Å². The molecule has 0 spiro atoms. The highest BCUT2D eigenvalue weighted by Gasteiger charge is 2.20. The lowest BCUT2D eigenvalue weighted by atomic mass is 10.1. The maximum atomic E-state index is 12.2. The van der Waals surface area contributed by atoms with Crippen molar-refractivity contribution in [2.45, 2.75) is 38.1 Å². The molecule has 0 aromatic carbocycles. The molecule has 1 unspecified atom stereocenters. The van der Waals surface area contributed by atoms with Crippen LogP contribution in [0.25, 0.3) is 0 Å². The van der Waals surface area contributed by atoms with Crippen molar-refractivity contribution in [2.75, 3.05) is 20.1 Å². The van der Waals surface area contributed by atoms with Gasteiger partial charge in [-0.05, 0) is 50.9 Å². The van der Waals surface area contributed by atoms with E-state index >= 15 is 0 Å². The number of amides is 1. The van der Waals surface area contributed by atoms with Gasteiger partial charge in [0.25, 0.3) is 0 Å². The number of pyridine rings is 1. The molecule has 1 fully saturated rings. The van der Waals surface area contributed by atoms with Gasteiger partial charge in [0.2, 0.25) is 5.91 Å². The molecule has 1 amide bonds. The molecule has 1 aromatic rings. The van der Waals surface area contributed by atoms with Crippen molar-refractivity contribution in [1.29, 1.82) is 0 Å². The maximum Gasteiger partial charge on any atom is 0.222 e. The number of rotatable bonds is 4. The van der Waals surface area contributed by atoms with Crippen LogP contribution in [0.2, 0.25) is 0 Å². The van der Waals surface area contributed by atoms with E-state index in [1.807, 2.05) is 30.1 Å². The van der Waals surface area contributed by atoms with Gasteiger partial charge in [0.1, 0.15) is 0 Å². The number of aryl methyl sites for hydroxylation is 1. The molecule has 2 heterocycles. The van der Waals surface area contributed by atoms with Crippen molar-refractivity contribution in [3.05, 3.63) is 30.1 Å². The zero-order chi connectivity index (χ0) is 13.5. The van der Waals surface area contributed by atoms with Crippen LogP contribution in [0.4, 0.5) is 0 Å². The van der Waals surface area contributed by atoms with Gasteiger partial charge in [0.15, 0.2) is 0 Å². The Labute approximate surface area is 139 Å². The van der Waals surface area contributed by atoms with Gasteiger partial charge in [-0.3, -0.25) is 9.78 Å². The van der Waals surface area contributed by atoms with Gasteiger partial charge in [0.05, 0.1) is 0 Å². The van der Waals surface area contributed by atoms with Crippen molar-refractivity contribution < 1.29 is 4.79 Å². The first kappa shape index (κ1) is 20.2. The summed E-state index contributed by atoms with van der Waals surface area (Å²) >= 11 is 0. The first-order chi connectivity index (χ1) is 9.27. The van der Waals surface area contributed by atoms with E-state index in [-0.39, 0.29) is 30.7 Å². The highest BCUT2D eigenvalue weighted by molar-refractivity contribution is 5.85. The largest absolute Gasteiger partial charge is 0.343 e. The van der Waals surface area contributed by atoms with E-state index in [1.165, 1.54) is 0 Å². The van der Waals surface area contributed by atoms with Crippen molar-refractivity contribution in [3.8, 4) is 0 Å². The molecule has 0 saturated carbocycles. The van der Waals surface area contributed by atoms with Gasteiger partial charge >= 0.3 is 0 Å². The summed E-state index contributed by atoms with van der Waals surface area (Å²) in [7, 11) is 1.94. The Morgan fingerprint density at radius 3 is 2.86 bits per heavy atom. The molecule has 0 aliphatic carbocycles. The van der Waals surface area contributed by atoms with E-state index in [1.54, 1.807) is 6.20 Å². The third-order valence-electron chi connectivity index (χ3n) is 3.81. The summed E-state index contributed by atoms with van der Waals surface area (Å²) in [5.74, 6) is 0.234. The van der Waals surface area contributed by atoms with Crippen LogP contribution in [-0.2, 0) is 11.2 Å². The number of hydrogen-bond acceptors (Lipinski definition) is 3. The van der Waals surface area contributed by atoms with Crippen molar-refractivity contribution in [1.82, 2.24) is 15.2 Å². The molecule has 1 aliphatic rings. The Bertz CT molecular complexity index is 395. The van der Waals surface area contributed by atoms with Crippen LogP contribution in [-0.4, -0.2) is 42.0 Å². The minimum absolute atomic E-state index is 0. The molecule has 1 aromatic heterocycles. The lowest BCUT2D eigenvalue weighted by Crippen LogP contribution is -2.37. The van der Waals surface area contributed by atoms with E-state index in [0.717, 1.165) is 44.5 Å². The summed E-state index contributed by atoms with van der Waals surface area (Å²) in [5, 5.41) is 3.38. The molecule has 6 heteroatoms. The van der Waals surface area contributed by atoms with Crippen molar-refractivity contribution in [2.24, 2.45) is 0 Å². The van der Waals surface area contributed by atoms with E-state index in [9.17, 15) is 4.79 Å². The number of nitrogens with one attached hydrogen (secondary N) is 1. The molecular formula is C15H25Cl2N3O. The summed E-state index contributed by atoms with van der Waals surface area (Å²) in [4.78, 5) is 18.4. The van der Waals surface area contributed by atoms with Crippen LogP contribution in [0.1, 0.15) is 31.4 Å². The monoisotopic (exact) mass is 333 g/mol. The highest BCUT2D eigenvalue weighted by Crippen LogP contribution is 2.13. The Hall–Kier alpha value is -0.840. The molecule has 1 atom stereocenters. The Morgan fingerprint density at radius 1 is 1.33 bits per heavy atom. The van der Waals surface area contributed by atoms with Gasteiger partial charge in [-0.2, -0.15) is 0 Å². The first-order valence-corrected chi connectivity index (χ1v) is 7.13. The van der Waals surface area contributed by atoms with Crippen LogP contribution < -0.4 is 5.32 Å². The van der Waals surface area contributed by atoms with E-state index in [0.29, 0.717) is 12.5 Å². The molecule has 1 aliphatic heterocycles. The average molecular weight is 334 g/mol. The number of hydrogen-bond donors (Lipinski definition) is 1. The summed E-state index contributed by atoms with van der Waals surface area (Å²) in [5.41, 5.74) is 0.992. The smallest absolute Gasteiger partial charge is 0.222 e. The lowest BCUT2D eigenvalue weighted by molar-refractivity contribution is -0.132. The number of carbonyl (C=O) groups excluding carboxylic acids is 1. The van der Waals surface area contributed by atoms with Gasteiger partial charge in [0, 0.05) is 31.4 Å². The molecule has 4 nitrogen and oxygen atoms in total. The second kappa shape index (κ2) is 10.8. The number of halogens is 2. The molecule has 1 saturated heterocycles. The molecule has 1 N–H and O–H groups in total. The zero-order valence-electron chi connectivity index (χ0n) is 12.5. The Morgan fingerprint density at radius 2 is 2.14 bits per heavy atom. The second-order valence-corrected chi connectivity index (χ2v) is 5.16. The quantitative estimate of drug-likeness (QED) is 0.920. The van der Waals surface area contributed by atoms with Gasteiger partial charge in [-0.15, -0.1) is 24.8 Å². The predicted octanol–water partition coefficient (Wildman–Crippen LogP) is 2.46. The standard InChI is InChI=1S/C15H23N3O.2ClH/c1-18(14-6-4-10-16-12-9-14)15(19)8-7-13-5-2-3-11-17-13;;/h2-3,5,11,14,16H,4,6-10,12H2,1H3;2*1H. The molecule has 2 rings (SSSR count). The van der Waals surface area contributed by atoms with Crippen molar-refractivity contribution in [3.63, 3.8) is 0 Å². The van der Waals surface area contributed by atoms with Crippen LogP contribution in [0.3, 0.4) is 0 Å². The van der Waals surface area contributed by atoms with Crippen LogP contribution >= 0.6 is 24.8 Å². The number of aromatic nitrogens is 1. The summed E-state index contributed by atoms with van der Waals surface area (Å²) in [6.07, 6.45) is 6.39. The summed E-state index contributed by atoms with van der Waals surface area (Å²) in [6, 6.07) is 6.23. The Balaban J connectivity index is 0.00000200. The maximum absolute atomic E-state index is 12.2. The van der Waals surface area contributed by atoms with E-state index < -0.39 is 0 Å². The van der Waals surface area contributed by atoms with Crippen LogP contribution in [0.5, 0.6) is 0 Å². The average Bonchev–Trinajstić information content (AvgIpc) is 2.74. The lowest BCUT2D eigenvalue weighted by Gasteiger charge is -2.27. The topological polar surface area (TPSA) is 45.2 Å². The van der Waals surface area contributed by atoms with Crippen molar-refractivity contribution >= 4 is 30.7 Å². The number of carbonyl (C=O) groups is 1. The second-order valence-electron chi connectivity index (χ2n) is 5.16. The molecule has 120 valence electrons. The summed E-state index contributed by atoms with van der Waals surface area (Å²) in [6.45, 7) is 2.09. The highest BCUT2D eigenvalue weighted by atomic mass is 35.5. The predicted molar refractivity (Wildman–Crippen MR) is 90.3 cm³/mol. The fourth-order valence-corrected chi connectivity index (χ4v) is 2.55. The third-order valence-corrected chi connectivity index (χ3v) is 3.81. The minimum Gasteiger partial charge on any atom is -0.343 e. The summed E-state index contributed by atoms with van der Waals surface area (Å²) < 4.78 is 0. The van der Waals surface area contributed by atoms with Crippen LogP contribution in [0, 0.1) is 0 Å². The molecule has 0 radical (unpaired) electrons. The normalized spacial score (nSPS) is 17.9. The SMILES string of the molecule is CN(C(=O)CCc1ccccn1)C1CCCNCC1.Cl.Cl. The van der Waals surface area contributed by atoms with Gasteiger partial charge < -0.3 is 10.2 Å². The fraction of sp³-hybridized carbons (Fsp3) is 0.600. The molecule has 0 bridgehead atoms. The molecule has 21 heavy (non-hydrogen) atoms. The minimum atomic E-state index is 0. The molecular weight excluding hydrogens is 309 g/mol. The third kappa shape index (κ3) is 6.64. The Kier molecular flexibility index (Phi) is 10.4. The number of nitrogens with zero attached hydrogens (tertiary/aromatic N) is 2. The van der Waals surface area contributed by atoms with Gasteiger partial charge in [-0.1, -0.05) is 6.07 Å². The fourth-order valence-electron chi connectivity index (χ4n) is 2.55. The van der Waals surface area contributed by atoms with E-state index in [2.05, 4.69) is 10.3 Å². The zero-order valence-corrected chi connectivity index (χ0v) is 14.1.